The Bertz CT molecular complexity index is 8.00. The molecule has 0 fully saturated rings. The van der Waals surface area contributed by atoms with Gasteiger partial charge in [0.15, 0.2) is 0 Å². The first-order valence-corrected chi connectivity index (χ1v) is 0. The van der Waals surface area contributed by atoms with Crippen LogP contribution in [0.25, 0.3) is 0 Å². The third-order valence-corrected chi connectivity index (χ3v) is 0. The molecule has 0 atom stereocenters. The van der Waals surface area contributed by atoms with Crippen LogP contribution in [-0.4, -0.2) is 25.8 Å². The summed E-state index contributed by atoms with van der Waals surface area (Å²) in [5.74, 6) is 0. The predicted molar refractivity (Wildman–Crippen MR) is 6.44 cm³/mol. The minimum Gasteiger partial charge on any atom is -2.00 e. The summed E-state index contributed by atoms with van der Waals surface area (Å²) in [5.41, 5.74) is 0. The molecule has 1 nitrogen and oxygen atoms in total. The van der Waals surface area contributed by atoms with Gasteiger partial charge in [0.1, 0.15) is 0 Å². The fourth-order valence-corrected chi connectivity index (χ4v) is 0. The molecule has 0 saturated carbocycles. The van der Waals surface area contributed by atoms with Crippen molar-refractivity contribution < 1.29 is 46.0 Å². The van der Waals surface area contributed by atoms with E-state index < -0.39 is 0 Å². The molecule has 0 aliphatic carbocycles. The van der Waals surface area contributed by atoms with E-state index in [1.54, 1.807) is 0 Å². The predicted octanol–water partition coefficient (Wildman–Crippen LogP) is -0.505. The van der Waals surface area contributed by atoms with Crippen LogP contribution in [0, 0.1) is 0 Å². The molecule has 0 rings (SSSR count). The Morgan fingerprint density at radius 3 is 1.00 bits per heavy atom. The van der Waals surface area contributed by atoms with Gasteiger partial charge in [-0.3, -0.25) is 0 Å². The number of rotatable bonds is 0. The fourth-order valence-electron chi connectivity index (χ4n) is 0. The topological polar surface area (TPSA) is 28.5 Å². The summed E-state index contributed by atoms with van der Waals surface area (Å²) in [5, 5.41) is 0. The van der Waals surface area contributed by atoms with Crippen molar-refractivity contribution in [3.63, 3.8) is 0 Å². The molecule has 4 heavy (non-hydrogen) atoms. The average molecular weight is 380 g/mol. The largest absolute Gasteiger partial charge is 3.00 e. The van der Waals surface area contributed by atoms with Gasteiger partial charge in [-0.2, -0.15) is 0 Å². The molecule has 0 heterocycles. The van der Waals surface area contributed by atoms with Crippen LogP contribution in [0.5, 0.6) is 0 Å². The van der Waals surface area contributed by atoms with Gasteiger partial charge in [0, 0.05) is 21.1 Å². The van der Waals surface area contributed by atoms with Gasteiger partial charge in [0.2, 0.25) is 0 Å². The van der Waals surface area contributed by atoms with E-state index in [2.05, 4.69) is 0 Å². The molecule has 0 aliphatic rings. The van der Waals surface area contributed by atoms with Gasteiger partial charge in [-0.15, -0.1) is 0 Å². The van der Waals surface area contributed by atoms with Crippen molar-refractivity contribution in [2.75, 3.05) is 0 Å². The molecule has 0 aromatic heterocycles. The third kappa shape index (κ3) is 8.91. The van der Waals surface area contributed by atoms with Crippen LogP contribution in [0.2, 0.25) is 0 Å². The first kappa shape index (κ1) is 35.4. The summed E-state index contributed by atoms with van der Waals surface area (Å²) < 4.78 is 0. The van der Waals surface area contributed by atoms with Crippen LogP contribution in [0.4, 0.5) is 0 Å². The summed E-state index contributed by atoms with van der Waals surface area (Å²) in [6, 6.07) is 0. The molecule has 0 amide bonds. The summed E-state index contributed by atoms with van der Waals surface area (Å²) in [4.78, 5) is 0. The van der Waals surface area contributed by atoms with Crippen LogP contribution in [0.15, 0.2) is 0 Å². The van der Waals surface area contributed by atoms with Gasteiger partial charge in [0.05, 0.1) is 0 Å². The number of hydrogen-bond donors (Lipinski definition) is 0. The molecule has 0 aromatic carbocycles. The van der Waals surface area contributed by atoms with Crippen molar-refractivity contribution in [2.24, 2.45) is 0 Å². The van der Waals surface area contributed by atoms with E-state index >= 15 is 0 Å². The maximum absolute atomic E-state index is 0. The Labute approximate surface area is 71.0 Å². The van der Waals surface area contributed by atoms with Crippen LogP contribution in [-0.2, 0) is 46.0 Å². The van der Waals surface area contributed by atoms with E-state index in [0.717, 1.165) is 0 Å². The van der Waals surface area contributed by atoms with Gasteiger partial charge in [0.25, 0.3) is 0 Å². The summed E-state index contributed by atoms with van der Waals surface area (Å²) >= 11 is 0. The van der Waals surface area contributed by atoms with Crippen LogP contribution >= 0.6 is 0 Å². The smallest absolute Gasteiger partial charge is 2.00 e. The molecular formula is InOWZn+3. The second kappa shape index (κ2) is 19.2. The first-order chi connectivity index (χ1) is 0. The molecule has 0 unspecified atom stereocenters. The van der Waals surface area contributed by atoms with E-state index in [-0.39, 0.29) is 71.9 Å². The maximum atomic E-state index is 0. The van der Waals surface area contributed by atoms with Crippen molar-refractivity contribution in [3.05, 3.63) is 0 Å². The standard InChI is InChI=1S/In.O.W.Zn/q+3;-2;;+2. The Hall–Kier alpha value is 2.14. The van der Waals surface area contributed by atoms with E-state index in [1.165, 1.54) is 0 Å². The molecule has 0 N–H and O–H groups in total. The second-order valence-electron chi connectivity index (χ2n) is 0. The van der Waals surface area contributed by atoms with Crippen molar-refractivity contribution in [1.29, 1.82) is 0 Å². The SMILES string of the molecule is [In+3].[O-2].[W].[Zn+2]. The Morgan fingerprint density at radius 2 is 1.00 bits per heavy atom. The summed E-state index contributed by atoms with van der Waals surface area (Å²) in [6.45, 7) is 0. The van der Waals surface area contributed by atoms with Gasteiger partial charge in [-0.25, -0.2) is 0 Å². The van der Waals surface area contributed by atoms with E-state index in [4.69, 9.17) is 0 Å². The molecule has 0 bridgehead atoms. The number of hydrogen-bond acceptors (Lipinski definition) is 0. The van der Waals surface area contributed by atoms with Crippen LogP contribution in [0.1, 0.15) is 0 Å². The molecule has 0 spiro atoms. The normalized spacial score (nSPS) is 0. The van der Waals surface area contributed by atoms with Crippen LogP contribution < -0.4 is 0 Å². The van der Waals surface area contributed by atoms with Gasteiger partial charge in [-0.05, 0) is 0 Å². The zero-order valence-electron chi connectivity index (χ0n) is 2.10. The minimum atomic E-state index is 0. The zero-order valence-corrected chi connectivity index (χ0v) is 11.3. The molecule has 0 radical (unpaired) electrons. The van der Waals surface area contributed by atoms with Crippen molar-refractivity contribution in [1.82, 2.24) is 0 Å². The molecule has 0 aliphatic heterocycles. The van der Waals surface area contributed by atoms with Gasteiger partial charge < -0.3 is 5.48 Å². The third-order valence-electron chi connectivity index (χ3n) is 0. The van der Waals surface area contributed by atoms with E-state index in [9.17, 15) is 0 Å². The monoisotopic (exact) mass is 379 g/mol. The van der Waals surface area contributed by atoms with E-state index in [1.807, 2.05) is 0 Å². The van der Waals surface area contributed by atoms with Crippen LogP contribution in [0.3, 0.4) is 0 Å². The van der Waals surface area contributed by atoms with Gasteiger partial charge in [-0.1, -0.05) is 0 Å². The van der Waals surface area contributed by atoms with Crippen molar-refractivity contribution in [3.8, 4) is 0 Å². The maximum Gasteiger partial charge on any atom is 3.00 e. The first-order valence-electron chi connectivity index (χ1n) is 0. The van der Waals surface area contributed by atoms with Gasteiger partial charge >= 0.3 is 45.3 Å². The van der Waals surface area contributed by atoms with E-state index in [0.29, 0.717) is 0 Å². The Kier molecular flexibility index (Phi) is 170. The summed E-state index contributed by atoms with van der Waals surface area (Å²) in [6.07, 6.45) is 0. The zero-order chi connectivity index (χ0) is 0. The molecule has 4 heteroatoms. The molecule has 0 saturated heterocycles. The van der Waals surface area contributed by atoms with Crippen molar-refractivity contribution in [2.45, 2.75) is 0 Å². The fraction of sp³-hybridized carbons (Fsp3) is 0. The molecule has 14 valence electrons. The molecular weight excluding hydrogens is 380 g/mol. The summed E-state index contributed by atoms with van der Waals surface area (Å²) in [7, 11) is 0. The molecule has 0 aromatic rings. The Morgan fingerprint density at radius 1 is 1.00 bits per heavy atom. The average Bonchev–Trinajstić information content (AvgIpc) is 0. The van der Waals surface area contributed by atoms with Crippen molar-refractivity contribution >= 4 is 25.8 Å². The quantitative estimate of drug-likeness (QED) is 0.507. The second-order valence-corrected chi connectivity index (χ2v) is 0. The Balaban J connectivity index is 0. The minimum absolute atomic E-state index is 0.